The molecule has 0 fully saturated rings. The zero-order valence-electron chi connectivity index (χ0n) is 8.86. The Kier molecular flexibility index (Phi) is 6.74. The van der Waals surface area contributed by atoms with Crippen LogP contribution >= 0.6 is 0 Å². The van der Waals surface area contributed by atoms with E-state index in [1.807, 2.05) is 0 Å². The van der Waals surface area contributed by atoms with Crippen LogP contribution in [0.3, 0.4) is 0 Å². The summed E-state index contributed by atoms with van der Waals surface area (Å²) in [6.45, 7) is 0. The van der Waals surface area contributed by atoms with Gasteiger partial charge in [-0.15, -0.1) is 0 Å². The molecule has 0 saturated heterocycles. The Bertz CT molecular complexity index is 228. The summed E-state index contributed by atoms with van der Waals surface area (Å²) < 4.78 is 0. The van der Waals surface area contributed by atoms with Crippen LogP contribution in [-0.2, 0) is 0 Å². The van der Waals surface area contributed by atoms with Gasteiger partial charge in [-0.2, -0.15) is 0 Å². The Morgan fingerprint density at radius 2 is 1.14 bits per heavy atom. The van der Waals surface area contributed by atoms with Gasteiger partial charge in [-0.1, -0.05) is 48.6 Å². The maximum absolute atomic E-state index is 2.31. The minimum absolute atomic E-state index is 1.06. The maximum atomic E-state index is 2.31. The molecule has 0 aromatic heterocycles. The molecular formula is C14H20. The van der Waals surface area contributed by atoms with Crippen LogP contribution in [0.2, 0.25) is 0 Å². The van der Waals surface area contributed by atoms with Crippen LogP contribution in [0, 0.1) is 0 Å². The highest BCUT2D eigenvalue weighted by Gasteiger charge is 1.81. The summed E-state index contributed by atoms with van der Waals surface area (Å²) in [4.78, 5) is 0. The molecule has 0 heteroatoms. The first-order valence-corrected chi connectivity index (χ1v) is 5.62. The lowest BCUT2D eigenvalue weighted by molar-refractivity contribution is 0.862. The molecule has 0 amide bonds. The molecule has 0 heterocycles. The molecule has 0 bridgehead atoms. The molecule has 1 aliphatic carbocycles. The molecule has 1 rings (SSSR count). The topological polar surface area (TPSA) is 0 Å². The van der Waals surface area contributed by atoms with E-state index in [1.165, 1.54) is 32.1 Å². The summed E-state index contributed by atoms with van der Waals surface area (Å²) in [5.41, 5.74) is 0. The van der Waals surface area contributed by atoms with Gasteiger partial charge in [0.1, 0.15) is 0 Å². The Hall–Kier alpha value is -1.04. The second-order valence-corrected chi connectivity index (χ2v) is 3.54. The van der Waals surface area contributed by atoms with Gasteiger partial charge < -0.3 is 0 Å². The van der Waals surface area contributed by atoms with Crippen molar-refractivity contribution >= 4 is 0 Å². The average molecular weight is 188 g/mol. The van der Waals surface area contributed by atoms with Crippen LogP contribution in [-0.4, -0.2) is 0 Å². The molecule has 0 radical (unpaired) electrons. The fourth-order valence-electron chi connectivity index (χ4n) is 1.41. The lowest BCUT2D eigenvalue weighted by Crippen LogP contribution is -1.71. The van der Waals surface area contributed by atoms with Crippen molar-refractivity contribution in [2.75, 3.05) is 0 Å². The van der Waals surface area contributed by atoms with Crippen LogP contribution in [0.4, 0.5) is 0 Å². The normalized spacial score (nSPS) is 26.3. The molecule has 0 aliphatic heterocycles. The van der Waals surface area contributed by atoms with Crippen molar-refractivity contribution in [1.82, 2.24) is 0 Å². The summed E-state index contributed by atoms with van der Waals surface area (Å²) in [6.07, 6.45) is 25.0. The van der Waals surface area contributed by atoms with Gasteiger partial charge in [-0.05, 0) is 38.5 Å². The van der Waals surface area contributed by atoms with Crippen molar-refractivity contribution in [3.63, 3.8) is 0 Å². The first-order chi connectivity index (χ1) is 7.00. The summed E-state index contributed by atoms with van der Waals surface area (Å²) in [5.74, 6) is 0. The van der Waals surface area contributed by atoms with E-state index in [9.17, 15) is 0 Å². The fraction of sp³-hybridized carbons (Fsp3) is 0.429. The molecule has 0 aromatic rings. The molecule has 0 N–H and O–H groups in total. The second-order valence-electron chi connectivity index (χ2n) is 3.54. The molecule has 0 spiro atoms. The number of allylic oxidation sites excluding steroid dienone is 8. The molecule has 0 unspecified atom stereocenters. The van der Waals surface area contributed by atoms with E-state index < -0.39 is 0 Å². The third-order valence-corrected chi connectivity index (χ3v) is 2.23. The Morgan fingerprint density at radius 3 is 2.07 bits per heavy atom. The molecule has 0 atom stereocenters. The smallest absolute Gasteiger partial charge is 0.0166 e. The third-order valence-electron chi connectivity index (χ3n) is 2.23. The van der Waals surface area contributed by atoms with E-state index in [1.54, 1.807) is 0 Å². The number of rotatable bonds is 0. The maximum Gasteiger partial charge on any atom is -0.0166 e. The molecule has 76 valence electrons. The lowest BCUT2D eigenvalue weighted by Gasteiger charge is -1.91. The van der Waals surface area contributed by atoms with Crippen LogP contribution in [0.5, 0.6) is 0 Å². The van der Waals surface area contributed by atoms with E-state index in [-0.39, 0.29) is 0 Å². The standard InChI is InChI=1S/C14H20/c1-2-4-6-8-10-12-14-13-11-9-7-5-3-1/h1-4,7,9,12,14H,5-6,8,10-11,13H2/b3-1?,4-2-,9-7+,14-12+. The summed E-state index contributed by atoms with van der Waals surface area (Å²) >= 11 is 0. The molecule has 14 heavy (non-hydrogen) atoms. The average Bonchev–Trinajstić information content (AvgIpc) is 2.22. The third kappa shape index (κ3) is 6.47. The van der Waals surface area contributed by atoms with Gasteiger partial charge >= 0.3 is 0 Å². The molecule has 0 nitrogen and oxygen atoms in total. The van der Waals surface area contributed by atoms with Crippen molar-refractivity contribution in [1.29, 1.82) is 0 Å². The molecule has 0 aromatic carbocycles. The van der Waals surface area contributed by atoms with Crippen molar-refractivity contribution in [2.45, 2.75) is 38.5 Å². The summed E-state index contributed by atoms with van der Waals surface area (Å²) in [7, 11) is 0. The highest BCUT2D eigenvalue weighted by atomic mass is 13.9. The van der Waals surface area contributed by atoms with E-state index in [0.717, 1.165) is 6.42 Å². The van der Waals surface area contributed by atoms with E-state index >= 15 is 0 Å². The van der Waals surface area contributed by atoms with E-state index in [4.69, 9.17) is 0 Å². The van der Waals surface area contributed by atoms with Gasteiger partial charge in [-0.3, -0.25) is 0 Å². The van der Waals surface area contributed by atoms with Crippen molar-refractivity contribution in [3.05, 3.63) is 48.6 Å². The SMILES string of the molecule is C1=CC/C=C/CC/C=C/CCC/C=C\1. The van der Waals surface area contributed by atoms with Gasteiger partial charge in [0, 0.05) is 0 Å². The van der Waals surface area contributed by atoms with Gasteiger partial charge in [0.05, 0.1) is 0 Å². The molecule has 1 aliphatic rings. The molecular weight excluding hydrogens is 168 g/mol. The highest BCUT2D eigenvalue weighted by Crippen LogP contribution is 2.02. The Balaban J connectivity index is 2.34. The van der Waals surface area contributed by atoms with Gasteiger partial charge in [0.2, 0.25) is 0 Å². The van der Waals surface area contributed by atoms with Crippen molar-refractivity contribution in [2.24, 2.45) is 0 Å². The fourth-order valence-corrected chi connectivity index (χ4v) is 1.41. The first kappa shape index (κ1) is 11.0. The van der Waals surface area contributed by atoms with Crippen LogP contribution < -0.4 is 0 Å². The number of hydrogen-bond donors (Lipinski definition) is 0. The van der Waals surface area contributed by atoms with E-state index in [2.05, 4.69) is 48.6 Å². The summed E-state index contributed by atoms with van der Waals surface area (Å²) in [6, 6.07) is 0. The monoisotopic (exact) mass is 188 g/mol. The van der Waals surface area contributed by atoms with Gasteiger partial charge in [0.25, 0.3) is 0 Å². The quantitative estimate of drug-likeness (QED) is 0.489. The van der Waals surface area contributed by atoms with Crippen LogP contribution in [0.15, 0.2) is 48.6 Å². The summed E-state index contributed by atoms with van der Waals surface area (Å²) in [5, 5.41) is 0. The largest absolute Gasteiger partial charge is 0.0885 e. The van der Waals surface area contributed by atoms with E-state index in [0.29, 0.717) is 0 Å². The van der Waals surface area contributed by atoms with Crippen LogP contribution in [0.1, 0.15) is 38.5 Å². The minimum atomic E-state index is 1.06. The minimum Gasteiger partial charge on any atom is -0.0885 e. The second kappa shape index (κ2) is 8.55. The van der Waals surface area contributed by atoms with Crippen molar-refractivity contribution in [3.8, 4) is 0 Å². The van der Waals surface area contributed by atoms with Crippen molar-refractivity contribution < 1.29 is 0 Å². The van der Waals surface area contributed by atoms with Crippen LogP contribution in [0.25, 0.3) is 0 Å². The predicted octanol–water partition coefficient (Wildman–Crippen LogP) is 4.57. The Labute approximate surface area is 87.7 Å². The highest BCUT2D eigenvalue weighted by molar-refractivity contribution is 5.05. The van der Waals surface area contributed by atoms with Gasteiger partial charge in [0.15, 0.2) is 0 Å². The Morgan fingerprint density at radius 1 is 0.500 bits per heavy atom. The predicted molar refractivity (Wildman–Crippen MR) is 64.3 cm³/mol. The molecule has 0 saturated carbocycles. The lowest BCUT2D eigenvalue weighted by atomic mass is 10.2. The zero-order valence-corrected chi connectivity index (χ0v) is 8.86. The zero-order chi connectivity index (χ0) is 9.90. The van der Waals surface area contributed by atoms with Gasteiger partial charge in [-0.25, -0.2) is 0 Å². The number of hydrogen-bond acceptors (Lipinski definition) is 0. The first-order valence-electron chi connectivity index (χ1n) is 5.62.